The van der Waals surface area contributed by atoms with Gasteiger partial charge in [-0.2, -0.15) is 4.98 Å². The summed E-state index contributed by atoms with van der Waals surface area (Å²) in [5.41, 5.74) is 1.63. The normalized spacial score (nSPS) is 10.8. The Morgan fingerprint density at radius 2 is 1.83 bits per heavy atom. The topological polar surface area (TPSA) is 91.0 Å². The molecule has 0 radical (unpaired) electrons. The summed E-state index contributed by atoms with van der Waals surface area (Å²) in [5, 5.41) is 12.9. The van der Waals surface area contributed by atoms with Gasteiger partial charge in [-0.25, -0.2) is 4.98 Å². The molecule has 0 aliphatic heterocycles. The van der Waals surface area contributed by atoms with Crippen LogP contribution in [0.3, 0.4) is 0 Å². The standard InChI is InChI=1S/C21H16N4O3S/c1-2-14-8-10-16(11-9-14)28-20-19(25(26)27)21(24-13-23-20)29-17-7-3-5-15-6-4-12-22-18(15)17/h3-13H,2H2,1H3. The first-order valence-electron chi connectivity index (χ1n) is 8.93. The zero-order chi connectivity index (χ0) is 20.2. The van der Waals surface area contributed by atoms with Crippen LogP contribution in [-0.4, -0.2) is 19.9 Å². The highest BCUT2D eigenvalue weighted by Gasteiger charge is 2.26. The van der Waals surface area contributed by atoms with Gasteiger partial charge in [-0.1, -0.05) is 49.0 Å². The van der Waals surface area contributed by atoms with Crippen molar-refractivity contribution in [2.24, 2.45) is 0 Å². The second kappa shape index (κ2) is 8.24. The monoisotopic (exact) mass is 404 g/mol. The van der Waals surface area contributed by atoms with Crippen LogP contribution < -0.4 is 4.74 Å². The van der Waals surface area contributed by atoms with E-state index in [2.05, 4.69) is 21.9 Å². The Morgan fingerprint density at radius 1 is 1.03 bits per heavy atom. The van der Waals surface area contributed by atoms with E-state index in [0.29, 0.717) is 5.75 Å². The average molecular weight is 404 g/mol. The number of aromatic nitrogens is 3. The fourth-order valence-electron chi connectivity index (χ4n) is 2.82. The molecule has 0 spiro atoms. The Morgan fingerprint density at radius 3 is 2.59 bits per heavy atom. The largest absolute Gasteiger partial charge is 0.434 e. The summed E-state index contributed by atoms with van der Waals surface area (Å²) >= 11 is 1.17. The van der Waals surface area contributed by atoms with E-state index in [1.165, 1.54) is 18.1 Å². The molecule has 7 nitrogen and oxygen atoms in total. The molecule has 0 unspecified atom stereocenters. The number of aryl methyl sites for hydroxylation is 1. The summed E-state index contributed by atoms with van der Waals surface area (Å²) in [5.74, 6) is 0.386. The van der Waals surface area contributed by atoms with E-state index in [4.69, 9.17) is 4.74 Å². The summed E-state index contributed by atoms with van der Waals surface area (Å²) in [6, 6.07) is 16.8. The molecule has 0 saturated heterocycles. The summed E-state index contributed by atoms with van der Waals surface area (Å²) in [6.07, 6.45) is 3.85. The minimum absolute atomic E-state index is 0.0926. The van der Waals surface area contributed by atoms with Crippen LogP contribution in [0.25, 0.3) is 10.9 Å². The molecule has 0 aliphatic carbocycles. The Labute approximate surface area is 171 Å². The van der Waals surface area contributed by atoms with Crippen molar-refractivity contribution in [3.63, 3.8) is 0 Å². The number of hydrogen-bond donors (Lipinski definition) is 0. The molecule has 29 heavy (non-hydrogen) atoms. The van der Waals surface area contributed by atoms with Gasteiger partial charge in [0.2, 0.25) is 0 Å². The number of fused-ring (bicyclic) bond motifs is 1. The van der Waals surface area contributed by atoms with Crippen LogP contribution in [0, 0.1) is 10.1 Å². The molecule has 4 rings (SSSR count). The summed E-state index contributed by atoms with van der Waals surface area (Å²) in [4.78, 5) is 24.6. The first kappa shape index (κ1) is 18.8. The van der Waals surface area contributed by atoms with E-state index < -0.39 is 4.92 Å². The van der Waals surface area contributed by atoms with Gasteiger partial charge in [-0.05, 0) is 36.2 Å². The van der Waals surface area contributed by atoms with Gasteiger partial charge in [-0.3, -0.25) is 15.1 Å². The lowest BCUT2D eigenvalue weighted by atomic mass is 10.2. The minimum Gasteiger partial charge on any atom is -0.434 e. The van der Waals surface area contributed by atoms with Gasteiger partial charge < -0.3 is 4.74 Å². The van der Waals surface area contributed by atoms with Gasteiger partial charge in [0.05, 0.1) is 10.4 Å². The fraction of sp³-hybridized carbons (Fsp3) is 0.0952. The molecule has 2 heterocycles. The molecule has 144 valence electrons. The number of benzene rings is 2. The van der Waals surface area contributed by atoms with E-state index in [9.17, 15) is 10.1 Å². The van der Waals surface area contributed by atoms with Crippen molar-refractivity contribution in [2.45, 2.75) is 23.3 Å². The maximum absolute atomic E-state index is 11.8. The van der Waals surface area contributed by atoms with Crippen molar-refractivity contribution < 1.29 is 9.66 Å². The van der Waals surface area contributed by atoms with E-state index in [-0.39, 0.29) is 16.6 Å². The van der Waals surface area contributed by atoms with Crippen molar-refractivity contribution in [2.75, 3.05) is 0 Å². The van der Waals surface area contributed by atoms with Crippen molar-refractivity contribution >= 4 is 28.4 Å². The maximum Gasteiger partial charge on any atom is 0.363 e. The first-order chi connectivity index (χ1) is 14.2. The third kappa shape index (κ3) is 4.02. The van der Waals surface area contributed by atoms with Crippen LogP contribution in [0.1, 0.15) is 12.5 Å². The van der Waals surface area contributed by atoms with Crippen LogP contribution in [0.5, 0.6) is 11.6 Å². The summed E-state index contributed by atoms with van der Waals surface area (Å²) in [6.45, 7) is 2.05. The molecule has 0 saturated carbocycles. The summed E-state index contributed by atoms with van der Waals surface area (Å²) in [7, 11) is 0. The van der Waals surface area contributed by atoms with E-state index in [1.807, 2.05) is 42.5 Å². The average Bonchev–Trinajstić information content (AvgIpc) is 2.74. The molecular weight excluding hydrogens is 388 g/mol. The van der Waals surface area contributed by atoms with Crippen LogP contribution in [0.15, 0.2) is 77.0 Å². The summed E-state index contributed by atoms with van der Waals surface area (Å²) < 4.78 is 5.71. The number of rotatable bonds is 6. The van der Waals surface area contributed by atoms with E-state index in [1.54, 1.807) is 18.3 Å². The van der Waals surface area contributed by atoms with Crippen LogP contribution in [0.2, 0.25) is 0 Å². The number of ether oxygens (including phenoxy) is 1. The minimum atomic E-state index is -0.517. The van der Waals surface area contributed by atoms with Crippen LogP contribution in [-0.2, 0) is 6.42 Å². The van der Waals surface area contributed by atoms with Gasteiger partial charge in [0, 0.05) is 16.5 Å². The number of para-hydroxylation sites is 1. The molecule has 0 bridgehead atoms. The van der Waals surface area contributed by atoms with Gasteiger partial charge in [0.25, 0.3) is 0 Å². The molecule has 0 atom stereocenters. The highest BCUT2D eigenvalue weighted by molar-refractivity contribution is 7.99. The number of pyridine rings is 1. The van der Waals surface area contributed by atoms with Gasteiger partial charge in [0.1, 0.15) is 12.1 Å². The molecule has 0 amide bonds. The Kier molecular flexibility index (Phi) is 5.35. The second-order valence-electron chi connectivity index (χ2n) is 6.12. The highest BCUT2D eigenvalue weighted by atomic mass is 32.2. The van der Waals surface area contributed by atoms with Crippen LogP contribution >= 0.6 is 11.8 Å². The van der Waals surface area contributed by atoms with Crippen LogP contribution in [0.4, 0.5) is 5.69 Å². The smallest absolute Gasteiger partial charge is 0.363 e. The Balaban J connectivity index is 1.72. The fourth-order valence-corrected chi connectivity index (χ4v) is 3.80. The van der Waals surface area contributed by atoms with Gasteiger partial charge in [-0.15, -0.1) is 0 Å². The third-order valence-electron chi connectivity index (χ3n) is 4.29. The Bertz CT molecular complexity index is 1180. The number of hydrogen-bond acceptors (Lipinski definition) is 7. The van der Waals surface area contributed by atoms with Crippen molar-refractivity contribution in [3.05, 3.63) is 82.8 Å². The quantitative estimate of drug-likeness (QED) is 0.240. The molecule has 2 aromatic carbocycles. The maximum atomic E-state index is 11.8. The molecule has 0 aliphatic rings. The molecular formula is C21H16N4O3S. The van der Waals surface area contributed by atoms with E-state index >= 15 is 0 Å². The highest BCUT2D eigenvalue weighted by Crippen LogP contribution is 2.40. The Hall–Kier alpha value is -3.52. The predicted octanol–water partition coefficient (Wildman–Crippen LogP) is 5.44. The first-order valence-corrected chi connectivity index (χ1v) is 9.75. The SMILES string of the molecule is CCc1ccc(Oc2ncnc(Sc3cccc4cccnc34)c2[N+](=O)[O-])cc1. The van der Waals surface area contributed by atoms with Crippen molar-refractivity contribution in [1.29, 1.82) is 0 Å². The molecule has 8 heteroatoms. The van der Waals surface area contributed by atoms with E-state index in [0.717, 1.165) is 27.8 Å². The van der Waals surface area contributed by atoms with Gasteiger partial charge in [0.15, 0.2) is 5.03 Å². The zero-order valence-corrected chi connectivity index (χ0v) is 16.3. The lowest BCUT2D eigenvalue weighted by Gasteiger charge is -2.09. The zero-order valence-electron chi connectivity index (χ0n) is 15.5. The lowest BCUT2D eigenvalue weighted by molar-refractivity contribution is -0.389. The molecule has 2 aromatic heterocycles. The van der Waals surface area contributed by atoms with Crippen molar-refractivity contribution in [1.82, 2.24) is 15.0 Å². The molecule has 4 aromatic rings. The van der Waals surface area contributed by atoms with Gasteiger partial charge >= 0.3 is 11.6 Å². The number of nitrogens with zero attached hydrogens (tertiary/aromatic N) is 4. The molecule has 0 N–H and O–H groups in total. The molecule has 0 fully saturated rings. The predicted molar refractivity (Wildman–Crippen MR) is 110 cm³/mol. The third-order valence-corrected chi connectivity index (χ3v) is 5.33. The second-order valence-corrected chi connectivity index (χ2v) is 7.15. The number of nitro groups is 1. The van der Waals surface area contributed by atoms with Crippen molar-refractivity contribution in [3.8, 4) is 11.6 Å². The lowest BCUT2D eigenvalue weighted by Crippen LogP contribution is -2.00.